The van der Waals surface area contributed by atoms with Gasteiger partial charge in [-0.25, -0.2) is 4.98 Å². The molecule has 2 bridgehead atoms. The van der Waals surface area contributed by atoms with Crippen LogP contribution in [0.25, 0.3) is 0 Å². The van der Waals surface area contributed by atoms with Gasteiger partial charge < -0.3 is 25.1 Å². The van der Waals surface area contributed by atoms with Gasteiger partial charge in [-0.1, -0.05) is 6.42 Å². The molecule has 3 saturated heterocycles. The largest absolute Gasteiger partial charge is 0.483 e. The van der Waals surface area contributed by atoms with Gasteiger partial charge in [-0.3, -0.25) is 24.2 Å². The molecule has 0 spiro atoms. The lowest BCUT2D eigenvalue weighted by molar-refractivity contribution is -0.123. The number of fused-ring (bicyclic) bond motifs is 4. The molecule has 5 rings (SSSR count). The van der Waals surface area contributed by atoms with Gasteiger partial charge >= 0.3 is 0 Å². The van der Waals surface area contributed by atoms with E-state index in [9.17, 15) is 4.79 Å². The monoisotopic (exact) mass is 488 g/mol. The van der Waals surface area contributed by atoms with Crippen molar-refractivity contribution < 1.29 is 24.6 Å². The number of carbonyl (C=O) groups is 3. The Kier molecular flexibility index (Phi) is 9.86. The summed E-state index contributed by atoms with van der Waals surface area (Å²) in [6.45, 7) is 4.61. The molecule has 11 nitrogen and oxygen atoms in total. The van der Waals surface area contributed by atoms with Crippen molar-refractivity contribution in [1.82, 2.24) is 29.7 Å². The van der Waals surface area contributed by atoms with Crippen molar-refractivity contribution >= 4 is 18.9 Å². The summed E-state index contributed by atoms with van der Waals surface area (Å²) in [7, 11) is 2.08. The molecule has 0 saturated carbocycles. The highest BCUT2D eigenvalue weighted by Gasteiger charge is 2.47. The predicted octanol–water partition coefficient (Wildman–Crippen LogP) is 1.25. The van der Waals surface area contributed by atoms with Gasteiger partial charge in [-0.2, -0.15) is 0 Å². The molecule has 3 fully saturated rings. The van der Waals surface area contributed by atoms with Crippen molar-refractivity contribution in [1.29, 1.82) is 0 Å². The van der Waals surface area contributed by atoms with Crippen molar-refractivity contribution in [2.75, 3.05) is 26.2 Å². The van der Waals surface area contributed by atoms with Crippen LogP contribution in [0, 0.1) is 11.8 Å². The molecule has 5 heterocycles. The first-order valence-corrected chi connectivity index (χ1v) is 12.0. The average Bonchev–Trinajstić information content (AvgIpc) is 3.52. The van der Waals surface area contributed by atoms with Crippen LogP contribution in [0.1, 0.15) is 42.0 Å². The summed E-state index contributed by atoms with van der Waals surface area (Å²) in [4.78, 5) is 42.1. The maximum absolute atomic E-state index is 12.5. The Bertz CT molecular complexity index is 927. The number of amides is 1. The Labute approximate surface area is 205 Å². The fourth-order valence-corrected chi connectivity index (χ4v) is 5.93. The number of H-pyrrole nitrogens is 1. The summed E-state index contributed by atoms with van der Waals surface area (Å²) in [6.07, 6.45) is 10.9. The second-order valence-electron chi connectivity index (χ2n) is 9.28. The van der Waals surface area contributed by atoms with Crippen LogP contribution >= 0.6 is 0 Å². The summed E-state index contributed by atoms with van der Waals surface area (Å²) in [6, 6.07) is 4.80. The minimum absolute atomic E-state index is 0.00589. The first-order chi connectivity index (χ1) is 17.0. The standard InChI is InChI=1S/C22H32N6O.2CH2O2/c1-26-10-8-24-21(26)15-27-13-16-11-17(14-27)20(28-9-3-2-6-19(16)28)12-25-22(29)18-5-4-7-23-18;2*2-1-3/h4-5,7-8,10,16-17,19-20,23H,2-3,6,9,11-15H2,1H3,(H,25,29);2*1H,(H,2,3)/t16-,17+,19+,20+;;/m1../s1. The average molecular weight is 489 g/mol. The SMILES string of the molecule is Cn1ccnc1CN1C[C@H]2C[C@@H](C1)[C@H](CNC(=O)c1ccc[nH]1)N1CCCC[C@@H]21.O=CO.O=CO. The van der Waals surface area contributed by atoms with Crippen molar-refractivity contribution in [3.05, 3.63) is 42.2 Å². The van der Waals surface area contributed by atoms with Gasteiger partial charge in [0.05, 0.1) is 6.54 Å². The molecule has 0 aromatic carbocycles. The number of nitrogens with zero attached hydrogens (tertiary/aromatic N) is 4. The third-order valence-corrected chi connectivity index (χ3v) is 7.30. The molecule has 35 heavy (non-hydrogen) atoms. The third-order valence-electron chi connectivity index (χ3n) is 7.30. The molecule has 0 aliphatic carbocycles. The summed E-state index contributed by atoms with van der Waals surface area (Å²) >= 11 is 0. The highest BCUT2D eigenvalue weighted by atomic mass is 16.3. The fourth-order valence-electron chi connectivity index (χ4n) is 5.93. The van der Waals surface area contributed by atoms with Crippen LogP contribution in [0.2, 0.25) is 0 Å². The van der Waals surface area contributed by atoms with Crippen LogP contribution in [0.15, 0.2) is 30.7 Å². The molecule has 0 radical (unpaired) electrons. The Morgan fingerprint density at radius 1 is 1.23 bits per heavy atom. The second-order valence-corrected chi connectivity index (χ2v) is 9.28. The number of likely N-dealkylation sites (tertiary alicyclic amines) is 1. The van der Waals surface area contributed by atoms with Gasteiger partial charge in [0.1, 0.15) is 11.5 Å². The zero-order valence-electron chi connectivity index (χ0n) is 20.1. The minimum Gasteiger partial charge on any atom is -0.483 e. The zero-order valence-corrected chi connectivity index (χ0v) is 20.1. The number of carbonyl (C=O) groups excluding carboxylic acids is 1. The van der Waals surface area contributed by atoms with E-state index >= 15 is 0 Å². The highest BCUT2D eigenvalue weighted by molar-refractivity contribution is 5.92. The first kappa shape index (κ1) is 26.4. The number of aromatic amines is 1. The van der Waals surface area contributed by atoms with E-state index in [1.54, 1.807) is 6.20 Å². The number of nitrogens with one attached hydrogen (secondary N) is 2. The quantitative estimate of drug-likeness (QED) is 0.461. The number of piperidine rings is 3. The molecule has 3 aliphatic rings. The molecule has 0 unspecified atom stereocenters. The molecule has 3 aliphatic heterocycles. The second kappa shape index (κ2) is 13.1. The van der Waals surface area contributed by atoms with Crippen molar-refractivity contribution in [2.24, 2.45) is 18.9 Å². The van der Waals surface area contributed by atoms with E-state index in [2.05, 4.69) is 36.7 Å². The van der Waals surface area contributed by atoms with Crippen LogP contribution < -0.4 is 5.32 Å². The number of hydrogen-bond acceptors (Lipinski definition) is 6. The number of aromatic nitrogens is 3. The lowest BCUT2D eigenvalue weighted by Gasteiger charge is -2.56. The molecule has 1 amide bonds. The van der Waals surface area contributed by atoms with Crippen LogP contribution in [0.3, 0.4) is 0 Å². The Hall–Kier alpha value is -3.18. The van der Waals surface area contributed by atoms with Crippen LogP contribution in [-0.4, -0.2) is 91.7 Å². The molecule has 4 atom stereocenters. The zero-order chi connectivity index (χ0) is 25.2. The van der Waals surface area contributed by atoms with E-state index in [-0.39, 0.29) is 18.9 Å². The summed E-state index contributed by atoms with van der Waals surface area (Å²) in [5.74, 6) is 2.49. The molecule has 4 N–H and O–H groups in total. The van der Waals surface area contributed by atoms with E-state index < -0.39 is 0 Å². The first-order valence-electron chi connectivity index (χ1n) is 12.0. The van der Waals surface area contributed by atoms with Crippen molar-refractivity contribution in [3.8, 4) is 0 Å². The normalized spacial score (nSPS) is 25.6. The molecule has 2 aromatic rings. The predicted molar refractivity (Wildman–Crippen MR) is 129 cm³/mol. The maximum atomic E-state index is 12.5. The third kappa shape index (κ3) is 6.70. The van der Waals surface area contributed by atoms with E-state index in [1.807, 2.05) is 24.5 Å². The number of aryl methyl sites for hydroxylation is 1. The van der Waals surface area contributed by atoms with Crippen LogP contribution in [0.4, 0.5) is 0 Å². The molecular formula is C24H36N6O5. The molecule has 2 aromatic heterocycles. The van der Waals surface area contributed by atoms with Gasteiger partial charge in [0, 0.05) is 57.4 Å². The molecule has 192 valence electrons. The topological polar surface area (TPSA) is 144 Å². The van der Waals surface area contributed by atoms with E-state index in [0.29, 0.717) is 23.7 Å². The molecular weight excluding hydrogens is 452 g/mol. The number of rotatable bonds is 5. The Balaban J connectivity index is 0.000000520. The van der Waals surface area contributed by atoms with Gasteiger partial charge in [0.2, 0.25) is 0 Å². The van der Waals surface area contributed by atoms with E-state index in [4.69, 9.17) is 19.8 Å². The molecule has 11 heteroatoms. The van der Waals surface area contributed by atoms with Crippen molar-refractivity contribution in [2.45, 2.75) is 44.3 Å². The van der Waals surface area contributed by atoms with Crippen LogP contribution in [-0.2, 0) is 23.2 Å². The van der Waals surface area contributed by atoms with E-state index in [0.717, 1.165) is 31.4 Å². The van der Waals surface area contributed by atoms with Gasteiger partial charge in [-0.15, -0.1) is 0 Å². The smallest absolute Gasteiger partial charge is 0.290 e. The number of carboxylic acid groups (broad SMARTS) is 2. The Morgan fingerprint density at radius 3 is 2.63 bits per heavy atom. The summed E-state index contributed by atoms with van der Waals surface area (Å²) < 4.78 is 2.13. The number of hydrogen-bond donors (Lipinski definition) is 4. The lowest BCUT2D eigenvalue weighted by Crippen LogP contribution is -2.65. The number of imidazole rings is 1. The highest BCUT2D eigenvalue weighted by Crippen LogP contribution is 2.41. The summed E-state index contributed by atoms with van der Waals surface area (Å²) in [5.41, 5.74) is 0.647. The summed E-state index contributed by atoms with van der Waals surface area (Å²) in [5, 5.41) is 17.0. The minimum atomic E-state index is -0.250. The maximum Gasteiger partial charge on any atom is 0.290 e. The van der Waals surface area contributed by atoms with Gasteiger partial charge in [0.15, 0.2) is 0 Å². The lowest BCUT2D eigenvalue weighted by atomic mass is 9.72. The van der Waals surface area contributed by atoms with Gasteiger partial charge in [-0.05, 0) is 49.8 Å². The van der Waals surface area contributed by atoms with Crippen LogP contribution in [0.5, 0.6) is 0 Å². The van der Waals surface area contributed by atoms with Crippen molar-refractivity contribution in [3.63, 3.8) is 0 Å². The van der Waals surface area contributed by atoms with E-state index in [1.165, 1.54) is 38.8 Å². The van der Waals surface area contributed by atoms with Gasteiger partial charge in [0.25, 0.3) is 18.9 Å². The fraction of sp³-hybridized carbons (Fsp3) is 0.583. The Morgan fingerprint density at radius 2 is 1.97 bits per heavy atom.